The fraction of sp³-hybridized carbons (Fsp3) is 0. The van der Waals surface area contributed by atoms with Gasteiger partial charge in [-0.15, -0.1) is 0 Å². The zero-order valence-electron chi connectivity index (χ0n) is 3.92. The Bertz CT molecular complexity index is 229. The van der Waals surface area contributed by atoms with Crippen LogP contribution in [-0.4, -0.2) is 9.97 Å². The molecule has 0 aliphatic heterocycles. The molecule has 0 amide bonds. The monoisotopic (exact) mass is 111 g/mol. The van der Waals surface area contributed by atoms with E-state index in [0.717, 1.165) is 12.4 Å². The molecule has 4 nitrogen and oxygen atoms in total. The maximum absolute atomic E-state index is 10.2. The summed E-state index contributed by atoms with van der Waals surface area (Å²) >= 11 is 0. The van der Waals surface area contributed by atoms with Gasteiger partial charge in [0.05, 0.1) is 6.33 Å². The van der Waals surface area contributed by atoms with Gasteiger partial charge >= 0.3 is 0 Å². The Labute approximate surface area is 44.8 Å². The van der Waals surface area contributed by atoms with Gasteiger partial charge in [0, 0.05) is 6.07 Å². The van der Waals surface area contributed by atoms with Crippen LogP contribution >= 0.6 is 0 Å². The predicted molar refractivity (Wildman–Crippen MR) is 24.3 cm³/mol. The van der Waals surface area contributed by atoms with Crippen LogP contribution in [0.2, 0.25) is 0 Å². The molecule has 0 atom stereocenters. The normalized spacial score (nSPS) is 9.00. The summed E-state index contributed by atoms with van der Waals surface area (Å²) in [6.07, 6.45) is 1.07. The fourth-order valence-electron chi connectivity index (χ4n) is 0.351. The van der Waals surface area contributed by atoms with Gasteiger partial charge in [-0.25, -0.2) is 0 Å². The molecular weight excluding hydrogens is 108 g/mol. The van der Waals surface area contributed by atoms with E-state index in [9.17, 15) is 9.90 Å². The zero-order chi connectivity index (χ0) is 5.98. The second-order valence-corrected chi connectivity index (χ2v) is 1.25. The van der Waals surface area contributed by atoms with Crippen molar-refractivity contribution in [1.29, 1.82) is 0 Å². The summed E-state index contributed by atoms with van der Waals surface area (Å²) < 4.78 is 0. The van der Waals surface area contributed by atoms with E-state index in [0.29, 0.717) is 0 Å². The number of aromatic nitrogens is 2. The molecule has 0 radical (unpaired) electrons. The molecule has 1 rings (SSSR count). The van der Waals surface area contributed by atoms with Crippen molar-refractivity contribution < 1.29 is 5.11 Å². The third kappa shape index (κ3) is 0.841. The van der Waals surface area contributed by atoms with Gasteiger partial charge < -0.3 is 10.1 Å². The molecule has 1 N–H and O–H groups in total. The van der Waals surface area contributed by atoms with E-state index in [4.69, 9.17) is 0 Å². The molecule has 0 bridgehead atoms. The van der Waals surface area contributed by atoms with Crippen molar-refractivity contribution in [3.8, 4) is 5.88 Å². The third-order valence-corrected chi connectivity index (χ3v) is 0.653. The molecule has 0 unspecified atom stereocenters. The van der Waals surface area contributed by atoms with E-state index in [-0.39, 0.29) is 0 Å². The minimum Gasteiger partial charge on any atom is -0.858 e. The summed E-state index contributed by atoms with van der Waals surface area (Å²) in [5, 5.41) is 10.2. The summed E-state index contributed by atoms with van der Waals surface area (Å²) in [6, 6.07) is 0.889. The number of rotatable bonds is 0. The van der Waals surface area contributed by atoms with Gasteiger partial charge in [-0.2, -0.15) is 0 Å². The Morgan fingerprint density at radius 1 is 1.75 bits per heavy atom. The Hall–Kier alpha value is -1.32. The highest BCUT2D eigenvalue weighted by Gasteiger charge is 1.75. The summed E-state index contributed by atoms with van der Waals surface area (Å²) in [4.78, 5) is 15.6. The predicted octanol–water partition coefficient (Wildman–Crippen LogP) is -1.16. The maximum atomic E-state index is 10.2. The highest BCUT2D eigenvalue weighted by molar-refractivity contribution is 4.99. The van der Waals surface area contributed by atoms with E-state index >= 15 is 0 Å². The van der Waals surface area contributed by atoms with Gasteiger partial charge in [0.1, 0.15) is 0 Å². The van der Waals surface area contributed by atoms with Crippen LogP contribution in [-0.2, 0) is 0 Å². The molecule has 0 aliphatic rings. The summed E-state index contributed by atoms with van der Waals surface area (Å²) in [7, 11) is 0. The second-order valence-electron chi connectivity index (χ2n) is 1.25. The lowest BCUT2D eigenvalue weighted by Gasteiger charge is -1.96. The van der Waals surface area contributed by atoms with Crippen molar-refractivity contribution >= 4 is 0 Å². The number of hydrogen-bond acceptors (Lipinski definition) is 3. The van der Waals surface area contributed by atoms with Gasteiger partial charge in [0.15, 0.2) is 0 Å². The zero-order valence-corrected chi connectivity index (χ0v) is 3.92. The lowest BCUT2D eigenvalue weighted by atomic mass is 10.6. The number of nitrogens with one attached hydrogen (secondary N) is 1. The Morgan fingerprint density at radius 2 is 2.50 bits per heavy atom. The molecule has 42 valence electrons. The molecule has 1 aromatic rings. The maximum Gasteiger partial charge on any atom is 0.249 e. The van der Waals surface area contributed by atoms with Gasteiger partial charge in [0.2, 0.25) is 5.56 Å². The molecule has 0 saturated carbocycles. The van der Waals surface area contributed by atoms with Crippen LogP contribution in [0.25, 0.3) is 0 Å². The first kappa shape index (κ1) is 4.83. The van der Waals surface area contributed by atoms with Crippen molar-refractivity contribution in [1.82, 2.24) is 9.97 Å². The molecule has 0 aromatic carbocycles. The standard InChI is InChI=1S/C4H4N2O2/c7-3-1-4(8)6-2-5-3/h1-2H,(H2,5,6,7,8)/p-1. The van der Waals surface area contributed by atoms with Gasteiger partial charge in [-0.3, -0.25) is 9.78 Å². The van der Waals surface area contributed by atoms with Crippen LogP contribution in [0.15, 0.2) is 17.2 Å². The quantitative estimate of drug-likeness (QED) is 0.459. The lowest BCUT2D eigenvalue weighted by Crippen LogP contribution is -2.06. The molecule has 0 aliphatic carbocycles. The first-order valence-corrected chi connectivity index (χ1v) is 2.01. The topological polar surface area (TPSA) is 68.8 Å². The highest BCUT2D eigenvalue weighted by atomic mass is 16.3. The van der Waals surface area contributed by atoms with Crippen molar-refractivity contribution in [3.63, 3.8) is 0 Å². The second kappa shape index (κ2) is 1.65. The van der Waals surface area contributed by atoms with E-state index in [2.05, 4.69) is 9.97 Å². The van der Waals surface area contributed by atoms with E-state index < -0.39 is 11.4 Å². The summed E-state index contributed by atoms with van der Waals surface area (Å²) in [5.41, 5.74) is -0.412. The van der Waals surface area contributed by atoms with Crippen LogP contribution in [0.5, 0.6) is 5.88 Å². The largest absolute Gasteiger partial charge is 0.858 e. The summed E-state index contributed by atoms with van der Waals surface area (Å²) in [6.45, 7) is 0. The van der Waals surface area contributed by atoms with Gasteiger partial charge in [0.25, 0.3) is 0 Å². The number of nitrogens with zero attached hydrogens (tertiary/aromatic N) is 1. The molecule has 0 fully saturated rings. The van der Waals surface area contributed by atoms with Crippen LogP contribution in [0, 0.1) is 0 Å². The molecule has 1 heterocycles. The minimum absolute atomic E-state index is 0.412. The van der Waals surface area contributed by atoms with Crippen LogP contribution < -0.4 is 10.7 Å². The average Bonchev–Trinajstić information content (AvgIpc) is 1.64. The van der Waals surface area contributed by atoms with E-state index in [1.54, 1.807) is 0 Å². The smallest absolute Gasteiger partial charge is 0.249 e. The van der Waals surface area contributed by atoms with Crippen LogP contribution in [0.4, 0.5) is 0 Å². The third-order valence-electron chi connectivity index (χ3n) is 0.653. The fourth-order valence-corrected chi connectivity index (χ4v) is 0.351. The van der Waals surface area contributed by atoms with Crippen molar-refractivity contribution in [3.05, 3.63) is 22.7 Å². The number of aromatic amines is 1. The Morgan fingerprint density at radius 3 is 2.88 bits per heavy atom. The first-order valence-electron chi connectivity index (χ1n) is 2.01. The number of hydrogen-bond donors (Lipinski definition) is 1. The van der Waals surface area contributed by atoms with Crippen molar-refractivity contribution in [2.45, 2.75) is 0 Å². The van der Waals surface area contributed by atoms with Crippen LogP contribution in [0.3, 0.4) is 0 Å². The Kier molecular flexibility index (Phi) is 0.997. The minimum atomic E-state index is -0.506. The molecule has 8 heavy (non-hydrogen) atoms. The summed E-state index contributed by atoms with van der Waals surface area (Å²) in [5.74, 6) is -0.506. The van der Waals surface area contributed by atoms with Crippen molar-refractivity contribution in [2.75, 3.05) is 0 Å². The molecule has 1 aromatic heterocycles. The molecular formula is C4H3N2O2-. The average molecular weight is 111 g/mol. The van der Waals surface area contributed by atoms with E-state index in [1.807, 2.05) is 0 Å². The van der Waals surface area contributed by atoms with E-state index in [1.165, 1.54) is 0 Å². The molecule has 0 saturated heterocycles. The van der Waals surface area contributed by atoms with Gasteiger partial charge in [-0.05, 0) is 5.88 Å². The van der Waals surface area contributed by atoms with Crippen LogP contribution in [0.1, 0.15) is 0 Å². The first-order chi connectivity index (χ1) is 3.79. The van der Waals surface area contributed by atoms with Gasteiger partial charge in [-0.1, -0.05) is 0 Å². The highest BCUT2D eigenvalue weighted by Crippen LogP contribution is 1.83. The van der Waals surface area contributed by atoms with Crippen molar-refractivity contribution in [2.24, 2.45) is 0 Å². The molecule has 4 heteroatoms. The Balaban J connectivity index is 3.28. The SMILES string of the molecule is O=c1cc([O-])nc[nH]1. The lowest BCUT2D eigenvalue weighted by molar-refractivity contribution is -0.275. The number of H-pyrrole nitrogens is 1. The molecule has 0 spiro atoms.